The van der Waals surface area contributed by atoms with Crippen molar-refractivity contribution in [3.8, 4) is 0 Å². The van der Waals surface area contributed by atoms with Crippen molar-refractivity contribution in [2.45, 2.75) is 20.0 Å². The number of nitrogens with zero attached hydrogens (tertiary/aromatic N) is 1. The molecule has 0 heterocycles. The SMILES string of the molecule is CCCOCCOCc1cc([N+](=O)[O-])ccc1N. The number of nitro benzene ring substituents is 1. The highest BCUT2D eigenvalue weighted by molar-refractivity contribution is 5.52. The molecule has 0 fully saturated rings. The number of ether oxygens (including phenoxy) is 2. The van der Waals surface area contributed by atoms with Crippen LogP contribution in [0.2, 0.25) is 0 Å². The summed E-state index contributed by atoms with van der Waals surface area (Å²) in [6.07, 6.45) is 0.970. The van der Waals surface area contributed by atoms with Crippen molar-refractivity contribution in [1.82, 2.24) is 0 Å². The van der Waals surface area contributed by atoms with Crippen LogP contribution in [-0.4, -0.2) is 24.7 Å². The van der Waals surface area contributed by atoms with Crippen molar-refractivity contribution in [2.75, 3.05) is 25.6 Å². The van der Waals surface area contributed by atoms with Crippen LogP contribution < -0.4 is 5.73 Å². The Morgan fingerprint density at radius 3 is 2.67 bits per heavy atom. The lowest BCUT2D eigenvalue weighted by Crippen LogP contribution is -2.06. The van der Waals surface area contributed by atoms with E-state index in [4.69, 9.17) is 15.2 Å². The molecule has 0 aliphatic carbocycles. The Balaban J connectivity index is 2.41. The molecule has 0 amide bonds. The fourth-order valence-electron chi connectivity index (χ4n) is 1.38. The lowest BCUT2D eigenvalue weighted by molar-refractivity contribution is -0.384. The molecule has 6 nitrogen and oxygen atoms in total. The third kappa shape index (κ3) is 4.68. The summed E-state index contributed by atoms with van der Waals surface area (Å²) in [4.78, 5) is 10.2. The zero-order chi connectivity index (χ0) is 13.4. The van der Waals surface area contributed by atoms with Crippen molar-refractivity contribution in [3.63, 3.8) is 0 Å². The molecule has 1 rings (SSSR count). The smallest absolute Gasteiger partial charge is 0.269 e. The minimum atomic E-state index is -0.451. The van der Waals surface area contributed by atoms with E-state index in [1.54, 1.807) is 0 Å². The van der Waals surface area contributed by atoms with Crippen molar-refractivity contribution in [3.05, 3.63) is 33.9 Å². The molecule has 0 radical (unpaired) electrons. The van der Waals surface area contributed by atoms with E-state index >= 15 is 0 Å². The van der Waals surface area contributed by atoms with Crippen LogP contribution in [0.3, 0.4) is 0 Å². The third-order valence-corrected chi connectivity index (χ3v) is 2.32. The number of anilines is 1. The van der Waals surface area contributed by atoms with E-state index in [0.717, 1.165) is 6.42 Å². The fraction of sp³-hybridized carbons (Fsp3) is 0.500. The van der Waals surface area contributed by atoms with Crippen LogP contribution in [-0.2, 0) is 16.1 Å². The molecule has 0 aliphatic heterocycles. The first-order valence-corrected chi connectivity index (χ1v) is 5.83. The van der Waals surface area contributed by atoms with Crippen LogP contribution in [0.4, 0.5) is 11.4 Å². The normalized spacial score (nSPS) is 10.5. The van der Waals surface area contributed by atoms with E-state index in [2.05, 4.69) is 0 Å². The number of non-ortho nitro benzene ring substituents is 1. The van der Waals surface area contributed by atoms with Gasteiger partial charge in [-0.05, 0) is 12.5 Å². The second-order valence-corrected chi connectivity index (χ2v) is 3.81. The van der Waals surface area contributed by atoms with Gasteiger partial charge in [0.25, 0.3) is 5.69 Å². The molecule has 0 atom stereocenters. The van der Waals surface area contributed by atoms with Gasteiger partial charge in [-0.3, -0.25) is 10.1 Å². The van der Waals surface area contributed by atoms with Gasteiger partial charge in [0, 0.05) is 30.0 Å². The highest BCUT2D eigenvalue weighted by Crippen LogP contribution is 2.20. The number of benzene rings is 1. The van der Waals surface area contributed by atoms with Crippen LogP contribution in [0.15, 0.2) is 18.2 Å². The quantitative estimate of drug-likeness (QED) is 0.332. The lowest BCUT2D eigenvalue weighted by Gasteiger charge is -2.07. The van der Waals surface area contributed by atoms with Crippen LogP contribution in [0.5, 0.6) is 0 Å². The van der Waals surface area contributed by atoms with Gasteiger partial charge >= 0.3 is 0 Å². The predicted octanol–water partition coefficient (Wildman–Crippen LogP) is 2.12. The minimum Gasteiger partial charge on any atom is -0.398 e. The summed E-state index contributed by atoms with van der Waals surface area (Å²) in [6.45, 7) is 3.96. The molecule has 6 heteroatoms. The highest BCUT2D eigenvalue weighted by Gasteiger charge is 2.08. The monoisotopic (exact) mass is 254 g/mol. The summed E-state index contributed by atoms with van der Waals surface area (Å²) in [5.41, 5.74) is 6.86. The Morgan fingerprint density at radius 2 is 2.00 bits per heavy atom. The van der Waals surface area contributed by atoms with E-state index < -0.39 is 4.92 Å². The van der Waals surface area contributed by atoms with Gasteiger partial charge in [0.2, 0.25) is 0 Å². The Hall–Kier alpha value is -1.66. The van der Waals surface area contributed by atoms with Crippen LogP contribution in [0.25, 0.3) is 0 Å². The molecule has 18 heavy (non-hydrogen) atoms. The van der Waals surface area contributed by atoms with Crippen LogP contribution in [0.1, 0.15) is 18.9 Å². The van der Waals surface area contributed by atoms with E-state index in [0.29, 0.717) is 31.1 Å². The van der Waals surface area contributed by atoms with E-state index in [9.17, 15) is 10.1 Å². The van der Waals surface area contributed by atoms with Crippen molar-refractivity contribution < 1.29 is 14.4 Å². The Bertz CT molecular complexity index is 396. The van der Waals surface area contributed by atoms with Gasteiger partial charge in [-0.2, -0.15) is 0 Å². The molecule has 0 bridgehead atoms. The van der Waals surface area contributed by atoms with Gasteiger partial charge in [0.15, 0.2) is 0 Å². The lowest BCUT2D eigenvalue weighted by atomic mass is 10.2. The molecular weight excluding hydrogens is 236 g/mol. The molecule has 0 aromatic heterocycles. The van der Waals surface area contributed by atoms with E-state index in [-0.39, 0.29) is 12.3 Å². The second-order valence-electron chi connectivity index (χ2n) is 3.81. The van der Waals surface area contributed by atoms with Gasteiger partial charge in [0.1, 0.15) is 0 Å². The first kappa shape index (κ1) is 14.4. The molecule has 0 saturated carbocycles. The average molecular weight is 254 g/mol. The predicted molar refractivity (Wildman–Crippen MR) is 68.3 cm³/mol. The average Bonchev–Trinajstić information content (AvgIpc) is 2.35. The second kappa shape index (κ2) is 7.62. The zero-order valence-electron chi connectivity index (χ0n) is 10.4. The molecule has 100 valence electrons. The minimum absolute atomic E-state index is 0.0185. The van der Waals surface area contributed by atoms with Gasteiger partial charge < -0.3 is 15.2 Å². The number of rotatable bonds is 8. The molecule has 0 spiro atoms. The molecule has 0 saturated heterocycles. The topological polar surface area (TPSA) is 87.6 Å². The van der Waals surface area contributed by atoms with Gasteiger partial charge in [-0.1, -0.05) is 6.92 Å². The fourth-order valence-corrected chi connectivity index (χ4v) is 1.38. The number of hydrogen-bond acceptors (Lipinski definition) is 5. The standard InChI is InChI=1S/C12H18N2O4/c1-2-5-17-6-7-18-9-10-8-11(14(15)16)3-4-12(10)13/h3-4,8H,2,5-7,9,13H2,1H3. The maximum Gasteiger partial charge on any atom is 0.269 e. The summed E-state index contributed by atoms with van der Waals surface area (Å²) >= 11 is 0. The summed E-state index contributed by atoms with van der Waals surface area (Å²) in [7, 11) is 0. The molecular formula is C12H18N2O4. The van der Waals surface area contributed by atoms with Gasteiger partial charge in [-0.15, -0.1) is 0 Å². The van der Waals surface area contributed by atoms with Crippen molar-refractivity contribution >= 4 is 11.4 Å². The highest BCUT2D eigenvalue weighted by atomic mass is 16.6. The number of nitrogens with two attached hydrogens (primary N) is 1. The summed E-state index contributed by atoms with van der Waals surface area (Å²) in [5.74, 6) is 0. The van der Waals surface area contributed by atoms with Crippen LogP contribution in [0, 0.1) is 10.1 Å². The summed E-state index contributed by atoms with van der Waals surface area (Å²) in [6, 6.07) is 4.33. The van der Waals surface area contributed by atoms with E-state index in [1.165, 1.54) is 18.2 Å². The molecule has 0 aliphatic rings. The molecule has 0 unspecified atom stereocenters. The van der Waals surface area contributed by atoms with Gasteiger partial charge in [0.05, 0.1) is 24.7 Å². The molecule has 2 N–H and O–H groups in total. The number of hydrogen-bond donors (Lipinski definition) is 1. The Kier molecular flexibility index (Phi) is 6.10. The number of nitro groups is 1. The largest absolute Gasteiger partial charge is 0.398 e. The first-order valence-electron chi connectivity index (χ1n) is 5.83. The maximum atomic E-state index is 10.6. The zero-order valence-corrected chi connectivity index (χ0v) is 10.4. The first-order chi connectivity index (χ1) is 8.65. The van der Waals surface area contributed by atoms with E-state index in [1.807, 2.05) is 6.92 Å². The number of nitrogen functional groups attached to an aromatic ring is 1. The molecule has 1 aromatic rings. The summed E-state index contributed by atoms with van der Waals surface area (Å²) < 4.78 is 10.6. The Labute approximate surface area is 106 Å². The third-order valence-electron chi connectivity index (χ3n) is 2.32. The maximum absolute atomic E-state index is 10.6. The summed E-state index contributed by atoms with van der Waals surface area (Å²) in [5, 5.41) is 10.6. The Morgan fingerprint density at radius 1 is 1.28 bits per heavy atom. The van der Waals surface area contributed by atoms with Crippen molar-refractivity contribution in [2.24, 2.45) is 0 Å². The van der Waals surface area contributed by atoms with Gasteiger partial charge in [-0.25, -0.2) is 0 Å². The van der Waals surface area contributed by atoms with Crippen LogP contribution >= 0.6 is 0 Å². The van der Waals surface area contributed by atoms with Crippen molar-refractivity contribution in [1.29, 1.82) is 0 Å². The molecule has 1 aromatic carbocycles.